The minimum absolute atomic E-state index is 0.0406. The number of benzene rings is 3. The van der Waals surface area contributed by atoms with E-state index in [1.807, 2.05) is 60.7 Å². The molecule has 3 aromatic rings. The van der Waals surface area contributed by atoms with Crippen LogP contribution in [-0.4, -0.2) is 18.0 Å². The molecule has 0 aromatic heterocycles. The molecule has 1 aliphatic rings. The minimum atomic E-state index is -0.575. The molecule has 0 radical (unpaired) electrons. The van der Waals surface area contributed by atoms with Crippen molar-refractivity contribution in [3.8, 4) is 0 Å². The monoisotopic (exact) mass is 361 g/mol. The molecule has 0 aliphatic carbocycles. The SMILES string of the molecule is O=[N+]([O-])c1ccc(C2(Nc3ccccc3)C[N+]([O-])(c3ccccc3)C2)cc1. The van der Waals surface area contributed by atoms with Crippen LogP contribution in [0.25, 0.3) is 0 Å². The molecular weight excluding hydrogens is 342 g/mol. The van der Waals surface area contributed by atoms with E-state index in [2.05, 4.69) is 5.32 Å². The molecular formula is C21H19N3O3. The normalized spacial score (nSPS) is 24.0. The highest BCUT2D eigenvalue weighted by Gasteiger charge is 2.54. The lowest BCUT2D eigenvalue weighted by Crippen LogP contribution is -2.73. The molecule has 0 amide bonds. The summed E-state index contributed by atoms with van der Waals surface area (Å²) in [7, 11) is 0. The molecule has 1 heterocycles. The quantitative estimate of drug-likeness (QED) is 0.316. The molecule has 1 N–H and O–H groups in total. The van der Waals surface area contributed by atoms with Crippen LogP contribution in [0, 0.1) is 15.3 Å². The van der Waals surface area contributed by atoms with Gasteiger partial charge in [-0.3, -0.25) is 10.1 Å². The van der Waals surface area contributed by atoms with Crippen LogP contribution in [0.4, 0.5) is 17.1 Å². The Kier molecular flexibility index (Phi) is 4.14. The Labute approximate surface area is 157 Å². The fourth-order valence-electron chi connectivity index (χ4n) is 3.74. The highest BCUT2D eigenvalue weighted by atomic mass is 16.6. The zero-order valence-corrected chi connectivity index (χ0v) is 14.6. The number of anilines is 1. The van der Waals surface area contributed by atoms with Crippen molar-refractivity contribution in [2.75, 3.05) is 18.4 Å². The van der Waals surface area contributed by atoms with Crippen molar-refractivity contribution in [1.82, 2.24) is 4.65 Å². The highest BCUT2D eigenvalue weighted by Crippen LogP contribution is 2.43. The van der Waals surface area contributed by atoms with E-state index in [0.717, 1.165) is 11.3 Å². The van der Waals surface area contributed by atoms with Crippen LogP contribution in [-0.2, 0) is 5.54 Å². The van der Waals surface area contributed by atoms with E-state index < -0.39 is 15.1 Å². The van der Waals surface area contributed by atoms with Crippen LogP contribution in [0.3, 0.4) is 0 Å². The average Bonchev–Trinajstić information content (AvgIpc) is 2.68. The van der Waals surface area contributed by atoms with Crippen molar-refractivity contribution in [1.29, 1.82) is 0 Å². The van der Waals surface area contributed by atoms with Crippen molar-refractivity contribution < 1.29 is 4.92 Å². The van der Waals surface area contributed by atoms with Gasteiger partial charge in [-0.05, 0) is 42.0 Å². The Bertz CT molecular complexity index is 937. The first kappa shape index (κ1) is 17.2. The summed E-state index contributed by atoms with van der Waals surface area (Å²) in [6.07, 6.45) is 0. The number of non-ortho nitro benzene ring substituents is 1. The molecule has 4 rings (SSSR count). The Hall–Kier alpha value is -3.22. The number of quaternary nitrogens is 1. The summed E-state index contributed by atoms with van der Waals surface area (Å²) < 4.78 is -0.433. The molecule has 0 atom stereocenters. The summed E-state index contributed by atoms with van der Waals surface area (Å²) in [6.45, 7) is 0.618. The molecule has 3 aromatic carbocycles. The molecule has 0 saturated carbocycles. The third-order valence-electron chi connectivity index (χ3n) is 5.07. The number of rotatable bonds is 5. The van der Waals surface area contributed by atoms with Gasteiger partial charge in [-0.15, -0.1) is 0 Å². The number of hydrogen-bond donors (Lipinski definition) is 1. The third-order valence-corrected chi connectivity index (χ3v) is 5.07. The first-order valence-corrected chi connectivity index (χ1v) is 8.73. The van der Waals surface area contributed by atoms with Crippen LogP contribution in [0.15, 0.2) is 84.9 Å². The van der Waals surface area contributed by atoms with E-state index in [1.54, 1.807) is 12.1 Å². The van der Waals surface area contributed by atoms with E-state index in [0.29, 0.717) is 18.8 Å². The average molecular weight is 361 g/mol. The van der Waals surface area contributed by atoms with Gasteiger partial charge in [0.25, 0.3) is 5.69 Å². The smallest absolute Gasteiger partial charge is 0.269 e. The fraction of sp³-hybridized carbons (Fsp3) is 0.143. The molecule has 6 heteroatoms. The van der Waals surface area contributed by atoms with Gasteiger partial charge in [0.05, 0.1) is 4.92 Å². The first-order chi connectivity index (χ1) is 13.0. The lowest BCUT2D eigenvalue weighted by atomic mass is 9.80. The van der Waals surface area contributed by atoms with E-state index in [4.69, 9.17) is 0 Å². The summed E-state index contributed by atoms with van der Waals surface area (Å²) in [5, 5.41) is 27.8. The third kappa shape index (κ3) is 3.16. The van der Waals surface area contributed by atoms with Gasteiger partial charge in [-0.25, -0.2) is 0 Å². The van der Waals surface area contributed by atoms with Crippen LogP contribution in [0.2, 0.25) is 0 Å². The van der Waals surface area contributed by atoms with Crippen LogP contribution in [0.5, 0.6) is 0 Å². The van der Waals surface area contributed by atoms with Crippen LogP contribution in [0.1, 0.15) is 5.56 Å². The Balaban J connectivity index is 1.68. The van der Waals surface area contributed by atoms with Crippen molar-refractivity contribution in [3.05, 3.63) is 106 Å². The standard InChI is InChI=1S/C21H19N3O3/c25-23(26)19-13-11-17(12-14-19)21(22-18-7-3-1-4-8-18)15-24(27,16-21)20-9-5-2-6-10-20/h1-14,22H,15-16H2. The number of nitrogens with zero attached hydrogens (tertiary/aromatic N) is 2. The topological polar surface area (TPSA) is 78.2 Å². The predicted octanol–water partition coefficient (Wildman–Crippen LogP) is 4.42. The second kappa shape index (κ2) is 6.50. The van der Waals surface area contributed by atoms with Gasteiger partial charge in [0, 0.05) is 17.8 Å². The lowest BCUT2D eigenvalue weighted by Gasteiger charge is -2.60. The van der Waals surface area contributed by atoms with Gasteiger partial charge in [-0.2, -0.15) is 0 Å². The number of hydroxylamine groups is 2. The molecule has 1 aliphatic heterocycles. The maximum absolute atomic E-state index is 13.3. The molecule has 0 bridgehead atoms. The molecule has 0 unspecified atom stereocenters. The zero-order chi connectivity index (χ0) is 18.9. The largest absolute Gasteiger partial charge is 0.627 e. The zero-order valence-electron chi connectivity index (χ0n) is 14.6. The van der Waals surface area contributed by atoms with E-state index in [9.17, 15) is 15.3 Å². The summed E-state index contributed by atoms with van der Waals surface area (Å²) in [5.41, 5.74) is 1.96. The van der Waals surface area contributed by atoms with Crippen LogP contribution < -0.4 is 9.96 Å². The van der Waals surface area contributed by atoms with Crippen molar-refractivity contribution in [2.24, 2.45) is 0 Å². The van der Waals surface area contributed by atoms with Gasteiger partial charge >= 0.3 is 0 Å². The molecule has 1 saturated heterocycles. The first-order valence-electron chi connectivity index (χ1n) is 8.73. The number of nitro groups is 1. The highest BCUT2D eigenvalue weighted by molar-refractivity contribution is 5.56. The molecule has 27 heavy (non-hydrogen) atoms. The van der Waals surface area contributed by atoms with E-state index >= 15 is 0 Å². The second-order valence-corrected chi connectivity index (χ2v) is 6.92. The van der Waals surface area contributed by atoms with Gasteiger partial charge < -0.3 is 15.2 Å². The summed E-state index contributed by atoms with van der Waals surface area (Å²) in [4.78, 5) is 10.5. The van der Waals surface area contributed by atoms with Crippen molar-refractivity contribution in [3.63, 3.8) is 0 Å². The van der Waals surface area contributed by atoms with Gasteiger partial charge in [0.15, 0.2) is 5.54 Å². The Morgan fingerprint density at radius 3 is 1.96 bits per heavy atom. The second-order valence-electron chi connectivity index (χ2n) is 6.92. The van der Waals surface area contributed by atoms with Crippen molar-refractivity contribution >= 4 is 17.1 Å². The number of hydrogen-bond acceptors (Lipinski definition) is 4. The van der Waals surface area contributed by atoms with Crippen LogP contribution >= 0.6 is 0 Å². The van der Waals surface area contributed by atoms with Gasteiger partial charge in [0.2, 0.25) is 0 Å². The summed E-state index contributed by atoms with van der Waals surface area (Å²) in [5.74, 6) is 0. The molecule has 0 spiro atoms. The number of nitro benzene ring substituents is 1. The fourth-order valence-corrected chi connectivity index (χ4v) is 3.74. The maximum atomic E-state index is 13.3. The molecule has 1 fully saturated rings. The molecule has 136 valence electrons. The predicted molar refractivity (Wildman–Crippen MR) is 106 cm³/mol. The van der Waals surface area contributed by atoms with E-state index in [-0.39, 0.29) is 5.69 Å². The Morgan fingerprint density at radius 2 is 1.41 bits per heavy atom. The lowest BCUT2D eigenvalue weighted by molar-refractivity contribution is -0.384. The summed E-state index contributed by atoms with van der Waals surface area (Å²) >= 11 is 0. The minimum Gasteiger partial charge on any atom is -0.627 e. The summed E-state index contributed by atoms with van der Waals surface area (Å²) in [6, 6.07) is 25.5. The van der Waals surface area contributed by atoms with Crippen molar-refractivity contribution in [2.45, 2.75) is 5.54 Å². The number of para-hydroxylation sites is 2. The number of nitrogens with one attached hydrogen (secondary N) is 1. The Morgan fingerprint density at radius 1 is 0.852 bits per heavy atom. The maximum Gasteiger partial charge on any atom is 0.269 e. The molecule has 6 nitrogen and oxygen atoms in total. The van der Waals surface area contributed by atoms with Gasteiger partial charge in [0.1, 0.15) is 18.8 Å². The van der Waals surface area contributed by atoms with E-state index in [1.165, 1.54) is 12.1 Å². The van der Waals surface area contributed by atoms with Gasteiger partial charge in [-0.1, -0.05) is 36.4 Å².